The second kappa shape index (κ2) is 8.65. The molecule has 2 aromatic carbocycles. The fourth-order valence-electron chi connectivity index (χ4n) is 3.07. The molecule has 2 nitrogen and oxygen atoms in total. The van der Waals surface area contributed by atoms with Gasteiger partial charge in [-0.1, -0.05) is 0 Å². The molecule has 23 heavy (non-hydrogen) atoms. The second-order valence-corrected chi connectivity index (χ2v) is 8.97. The maximum atomic E-state index is 10.3. The van der Waals surface area contributed by atoms with Gasteiger partial charge in [0.25, 0.3) is 0 Å². The molecule has 0 aliphatic heterocycles. The van der Waals surface area contributed by atoms with Crippen molar-refractivity contribution >= 4 is 19.4 Å². The second-order valence-electron chi connectivity index (χ2n) is 6.22. The molecule has 3 rings (SSSR count). The quantitative estimate of drug-likeness (QED) is 0.786. The predicted octanol–water partition coefficient (Wildman–Crippen LogP) is 3.18. The Morgan fingerprint density at radius 1 is 0.957 bits per heavy atom. The van der Waals surface area contributed by atoms with Crippen molar-refractivity contribution < 1.29 is 9.84 Å². The van der Waals surface area contributed by atoms with Crippen LogP contribution in [-0.2, 0) is 11.3 Å². The molecule has 1 aliphatic carbocycles. The van der Waals surface area contributed by atoms with Gasteiger partial charge in [-0.05, 0) is 0 Å². The number of ether oxygens (including phenoxy) is 1. The van der Waals surface area contributed by atoms with Crippen molar-refractivity contribution in [2.75, 3.05) is 6.61 Å². The number of aliphatic hydroxyl groups is 1. The van der Waals surface area contributed by atoms with E-state index in [-0.39, 0.29) is 6.10 Å². The maximum absolute atomic E-state index is 10.3. The Morgan fingerprint density at radius 2 is 1.65 bits per heavy atom. The zero-order valence-electron chi connectivity index (χ0n) is 13.3. The Balaban J connectivity index is 1.47. The van der Waals surface area contributed by atoms with Crippen LogP contribution in [-0.4, -0.2) is 32.8 Å². The zero-order valence-corrected chi connectivity index (χ0v) is 15.0. The van der Waals surface area contributed by atoms with Gasteiger partial charge in [0.2, 0.25) is 0 Å². The van der Waals surface area contributed by atoms with Gasteiger partial charge < -0.3 is 0 Å². The monoisotopic (exact) mass is 376 g/mol. The van der Waals surface area contributed by atoms with Crippen LogP contribution in [0.3, 0.4) is 0 Å². The zero-order chi connectivity index (χ0) is 15.9. The number of hydrogen-bond acceptors (Lipinski definition) is 2. The van der Waals surface area contributed by atoms with Gasteiger partial charge >= 0.3 is 145 Å². The molecule has 122 valence electrons. The molecule has 0 spiro atoms. The SMILES string of the molecule is O[C@@H]1CC[C@H](COCc2ccccc2)C[C@H]1[Se]c1ccccc1. The molecule has 0 unspecified atom stereocenters. The first kappa shape index (κ1) is 16.7. The van der Waals surface area contributed by atoms with Gasteiger partial charge in [-0.3, -0.25) is 0 Å². The Hall–Kier alpha value is -1.12. The van der Waals surface area contributed by atoms with E-state index in [2.05, 4.69) is 42.5 Å². The van der Waals surface area contributed by atoms with E-state index in [0.717, 1.165) is 25.9 Å². The summed E-state index contributed by atoms with van der Waals surface area (Å²) >= 11 is 0.346. The standard InChI is InChI=1S/C20H24O2Se/c21-19-12-11-17(15-22-14-16-7-3-1-4-8-16)13-20(19)23-18-9-5-2-6-10-18/h1-10,17,19-21H,11-15H2/t17-,19+,20+/m0/s1. The van der Waals surface area contributed by atoms with Crippen LogP contribution < -0.4 is 4.46 Å². The van der Waals surface area contributed by atoms with Crippen LogP contribution >= 0.6 is 0 Å². The minimum absolute atomic E-state index is 0.138. The fraction of sp³-hybridized carbons (Fsp3) is 0.400. The van der Waals surface area contributed by atoms with Gasteiger partial charge in [0.05, 0.1) is 0 Å². The third kappa shape index (κ3) is 5.19. The molecular weight excluding hydrogens is 351 g/mol. The summed E-state index contributed by atoms with van der Waals surface area (Å²) in [5.41, 5.74) is 1.23. The van der Waals surface area contributed by atoms with Crippen molar-refractivity contribution in [3.63, 3.8) is 0 Å². The fourth-order valence-corrected chi connectivity index (χ4v) is 5.85. The number of rotatable bonds is 6. The average Bonchev–Trinajstić information content (AvgIpc) is 2.60. The van der Waals surface area contributed by atoms with Crippen LogP contribution in [0.5, 0.6) is 0 Å². The van der Waals surface area contributed by atoms with Crippen LogP contribution in [0.25, 0.3) is 0 Å². The minimum atomic E-state index is -0.138. The normalized spacial score (nSPS) is 24.5. The molecule has 1 saturated carbocycles. The molecule has 0 heterocycles. The summed E-state index contributed by atoms with van der Waals surface area (Å²) in [5, 5.41) is 10.3. The number of benzene rings is 2. The van der Waals surface area contributed by atoms with Crippen LogP contribution in [0.4, 0.5) is 0 Å². The van der Waals surface area contributed by atoms with E-state index >= 15 is 0 Å². The molecule has 0 radical (unpaired) electrons. The molecule has 0 amide bonds. The van der Waals surface area contributed by atoms with Crippen molar-refractivity contribution in [1.82, 2.24) is 0 Å². The topological polar surface area (TPSA) is 29.5 Å². The van der Waals surface area contributed by atoms with Crippen molar-refractivity contribution in [2.45, 2.75) is 36.8 Å². The summed E-state index contributed by atoms with van der Waals surface area (Å²) in [6.07, 6.45) is 2.95. The Bertz CT molecular complexity index is 573. The number of aliphatic hydroxyl groups excluding tert-OH is 1. The predicted molar refractivity (Wildman–Crippen MR) is 95.0 cm³/mol. The third-order valence-electron chi connectivity index (χ3n) is 4.36. The Morgan fingerprint density at radius 3 is 2.39 bits per heavy atom. The summed E-state index contributed by atoms with van der Waals surface area (Å²) in [7, 11) is 0. The molecule has 2 aromatic rings. The van der Waals surface area contributed by atoms with Gasteiger partial charge in [-0.2, -0.15) is 0 Å². The summed E-state index contributed by atoms with van der Waals surface area (Å²) in [4.78, 5) is 0.420. The molecule has 3 atom stereocenters. The molecule has 3 heteroatoms. The molecule has 1 fully saturated rings. The Labute approximate surface area is 145 Å². The van der Waals surface area contributed by atoms with Crippen molar-refractivity contribution in [3.05, 3.63) is 66.2 Å². The van der Waals surface area contributed by atoms with Gasteiger partial charge in [0.1, 0.15) is 0 Å². The summed E-state index contributed by atoms with van der Waals surface area (Å²) in [6.45, 7) is 1.50. The first-order chi connectivity index (χ1) is 11.3. The summed E-state index contributed by atoms with van der Waals surface area (Å²) in [6, 6.07) is 20.9. The van der Waals surface area contributed by atoms with Crippen LogP contribution in [0.1, 0.15) is 24.8 Å². The van der Waals surface area contributed by atoms with Gasteiger partial charge in [-0.25, -0.2) is 0 Å². The van der Waals surface area contributed by atoms with Crippen molar-refractivity contribution in [3.8, 4) is 0 Å². The van der Waals surface area contributed by atoms with E-state index in [9.17, 15) is 5.11 Å². The summed E-state index contributed by atoms with van der Waals surface area (Å²) < 4.78 is 7.30. The van der Waals surface area contributed by atoms with Crippen molar-refractivity contribution in [1.29, 1.82) is 0 Å². The molecule has 0 bridgehead atoms. The van der Waals surface area contributed by atoms with E-state index in [1.807, 2.05) is 18.2 Å². The third-order valence-corrected chi connectivity index (χ3v) is 7.20. The van der Waals surface area contributed by atoms with E-state index in [1.54, 1.807) is 0 Å². The van der Waals surface area contributed by atoms with Crippen LogP contribution in [0.2, 0.25) is 4.82 Å². The first-order valence-electron chi connectivity index (χ1n) is 8.32. The van der Waals surface area contributed by atoms with Crippen LogP contribution in [0.15, 0.2) is 60.7 Å². The van der Waals surface area contributed by atoms with E-state index in [0.29, 0.717) is 32.3 Å². The van der Waals surface area contributed by atoms with Gasteiger partial charge in [0, 0.05) is 0 Å². The molecule has 0 aromatic heterocycles. The van der Waals surface area contributed by atoms with Gasteiger partial charge in [0.15, 0.2) is 0 Å². The Kier molecular flexibility index (Phi) is 6.29. The van der Waals surface area contributed by atoms with Crippen molar-refractivity contribution in [2.24, 2.45) is 5.92 Å². The first-order valence-corrected chi connectivity index (χ1v) is 10.2. The molecule has 1 N–H and O–H groups in total. The average molecular weight is 375 g/mol. The van der Waals surface area contributed by atoms with E-state index in [4.69, 9.17) is 4.74 Å². The van der Waals surface area contributed by atoms with E-state index < -0.39 is 0 Å². The van der Waals surface area contributed by atoms with Gasteiger partial charge in [-0.15, -0.1) is 0 Å². The van der Waals surface area contributed by atoms with E-state index in [1.165, 1.54) is 10.0 Å². The number of hydrogen-bond donors (Lipinski definition) is 1. The molecule has 0 saturated heterocycles. The molecule has 1 aliphatic rings. The van der Waals surface area contributed by atoms with Crippen LogP contribution in [0, 0.1) is 5.92 Å². The summed E-state index contributed by atoms with van der Waals surface area (Å²) in [5.74, 6) is 0.581. The molecular formula is C20H24O2Se.